The monoisotopic (exact) mass is 291 g/mol. The van der Waals surface area contributed by atoms with Crippen LogP contribution < -0.4 is 4.74 Å². The van der Waals surface area contributed by atoms with Gasteiger partial charge in [-0.25, -0.2) is 0 Å². The molecule has 1 amide bonds. The second-order valence-corrected chi connectivity index (χ2v) is 5.83. The Morgan fingerprint density at radius 2 is 2.10 bits per heavy atom. The lowest BCUT2D eigenvalue weighted by Crippen LogP contribution is -2.40. The van der Waals surface area contributed by atoms with E-state index in [1.165, 1.54) is 19.3 Å². The zero-order valence-electron chi connectivity index (χ0n) is 12.9. The van der Waals surface area contributed by atoms with Gasteiger partial charge in [0.05, 0.1) is 6.10 Å². The minimum Gasteiger partial charge on any atom is -0.484 e. The quantitative estimate of drug-likeness (QED) is 0.907. The lowest BCUT2D eigenvalue weighted by atomic mass is 9.94. The third-order valence-corrected chi connectivity index (χ3v) is 4.22. The smallest absolute Gasteiger partial charge is 0.260 e. The van der Waals surface area contributed by atoms with Gasteiger partial charge in [-0.3, -0.25) is 4.79 Å². The molecule has 0 radical (unpaired) electrons. The van der Waals surface area contributed by atoms with Gasteiger partial charge in [-0.1, -0.05) is 31.4 Å². The van der Waals surface area contributed by atoms with E-state index in [0.717, 1.165) is 18.4 Å². The van der Waals surface area contributed by atoms with Gasteiger partial charge in [-0.2, -0.15) is 0 Å². The Labute approximate surface area is 126 Å². The predicted octanol–water partition coefficient (Wildman–Crippen LogP) is 2.91. The fourth-order valence-electron chi connectivity index (χ4n) is 2.78. The van der Waals surface area contributed by atoms with E-state index in [1.54, 1.807) is 19.1 Å². The maximum atomic E-state index is 12.2. The van der Waals surface area contributed by atoms with Gasteiger partial charge in [-0.05, 0) is 37.5 Å². The first-order chi connectivity index (χ1) is 10.1. The summed E-state index contributed by atoms with van der Waals surface area (Å²) < 4.78 is 5.57. The van der Waals surface area contributed by atoms with Crippen molar-refractivity contribution >= 4 is 5.91 Å². The molecule has 0 heterocycles. The SMILES string of the molecule is CC(O)c1cccc(OCC(=O)N(C)C2CCCCC2)c1. The van der Waals surface area contributed by atoms with E-state index in [1.807, 2.05) is 24.1 Å². The number of ether oxygens (including phenoxy) is 1. The Morgan fingerprint density at radius 3 is 2.76 bits per heavy atom. The standard InChI is InChI=1S/C17H25NO3/c1-13(19)14-7-6-10-16(11-14)21-12-17(20)18(2)15-8-4-3-5-9-15/h6-7,10-11,13,15,19H,3-5,8-9,12H2,1-2H3. The summed E-state index contributed by atoms with van der Waals surface area (Å²) in [6, 6.07) is 7.61. The molecule has 0 bridgehead atoms. The molecule has 1 aromatic carbocycles. The van der Waals surface area contributed by atoms with Gasteiger partial charge in [-0.15, -0.1) is 0 Å². The van der Waals surface area contributed by atoms with Gasteiger partial charge in [0.15, 0.2) is 6.61 Å². The topological polar surface area (TPSA) is 49.8 Å². The summed E-state index contributed by atoms with van der Waals surface area (Å²) in [4.78, 5) is 14.0. The van der Waals surface area contributed by atoms with Crippen molar-refractivity contribution in [3.8, 4) is 5.75 Å². The normalized spacial score (nSPS) is 17.3. The number of carbonyl (C=O) groups excluding carboxylic acids is 1. The van der Waals surface area contributed by atoms with Crippen LogP contribution in [0.1, 0.15) is 50.7 Å². The van der Waals surface area contributed by atoms with Crippen LogP contribution in [0.3, 0.4) is 0 Å². The number of aliphatic hydroxyl groups excluding tert-OH is 1. The number of hydrogen-bond acceptors (Lipinski definition) is 3. The molecule has 4 nitrogen and oxygen atoms in total. The van der Waals surface area contributed by atoms with Gasteiger partial charge in [0.1, 0.15) is 5.75 Å². The number of aliphatic hydroxyl groups is 1. The largest absolute Gasteiger partial charge is 0.484 e. The molecule has 21 heavy (non-hydrogen) atoms. The molecule has 1 atom stereocenters. The molecule has 1 aromatic rings. The first kappa shape index (κ1) is 15.8. The first-order valence-corrected chi connectivity index (χ1v) is 7.74. The highest BCUT2D eigenvalue weighted by molar-refractivity contribution is 5.77. The molecule has 0 aromatic heterocycles. The average Bonchev–Trinajstić information content (AvgIpc) is 2.53. The van der Waals surface area contributed by atoms with Gasteiger partial charge in [0, 0.05) is 13.1 Å². The van der Waals surface area contributed by atoms with E-state index in [9.17, 15) is 9.90 Å². The molecule has 1 aliphatic carbocycles. The lowest BCUT2D eigenvalue weighted by molar-refractivity contribution is -0.134. The minimum absolute atomic E-state index is 0.0179. The third-order valence-electron chi connectivity index (χ3n) is 4.22. The number of nitrogens with zero attached hydrogens (tertiary/aromatic N) is 1. The van der Waals surface area contributed by atoms with Gasteiger partial charge in [0.2, 0.25) is 0 Å². The van der Waals surface area contributed by atoms with Gasteiger partial charge < -0.3 is 14.7 Å². The molecule has 1 fully saturated rings. The Balaban J connectivity index is 1.86. The second kappa shape index (κ2) is 7.46. The summed E-state index contributed by atoms with van der Waals surface area (Å²) in [6.07, 6.45) is 5.36. The van der Waals surface area contributed by atoms with Crippen LogP contribution in [0.4, 0.5) is 0 Å². The molecule has 116 valence electrons. The molecular formula is C17H25NO3. The fraction of sp³-hybridized carbons (Fsp3) is 0.588. The molecule has 0 spiro atoms. The molecular weight excluding hydrogens is 266 g/mol. The lowest BCUT2D eigenvalue weighted by Gasteiger charge is -2.31. The number of hydrogen-bond donors (Lipinski definition) is 1. The van der Waals surface area contributed by atoms with Crippen molar-refractivity contribution in [1.82, 2.24) is 4.90 Å². The number of amides is 1. The zero-order chi connectivity index (χ0) is 15.2. The Bertz CT molecular complexity index is 467. The van der Waals surface area contributed by atoms with E-state index in [0.29, 0.717) is 11.8 Å². The average molecular weight is 291 g/mol. The maximum Gasteiger partial charge on any atom is 0.260 e. The summed E-state index contributed by atoms with van der Waals surface area (Å²) >= 11 is 0. The number of rotatable bonds is 5. The van der Waals surface area contributed by atoms with E-state index < -0.39 is 6.10 Å². The van der Waals surface area contributed by atoms with Gasteiger partial charge in [0.25, 0.3) is 5.91 Å². The van der Waals surface area contributed by atoms with Crippen LogP contribution in [0.15, 0.2) is 24.3 Å². The molecule has 2 rings (SSSR count). The maximum absolute atomic E-state index is 12.2. The van der Waals surface area contributed by atoms with E-state index >= 15 is 0 Å². The molecule has 4 heteroatoms. The molecule has 1 saturated carbocycles. The highest BCUT2D eigenvalue weighted by atomic mass is 16.5. The van der Waals surface area contributed by atoms with Crippen LogP contribution in [0, 0.1) is 0 Å². The highest BCUT2D eigenvalue weighted by Crippen LogP contribution is 2.22. The third kappa shape index (κ3) is 4.46. The van der Waals surface area contributed by atoms with Crippen LogP contribution in [-0.4, -0.2) is 35.6 Å². The molecule has 0 aliphatic heterocycles. The molecule has 1 N–H and O–H groups in total. The summed E-state index contributed by atoms with van der Waals surface area (Å²) in [7, 11) is 1.87. The van der Waals surface area contributed by atoms with E-state index in [2.05, 4.69) is 0 Å². The first-order valence-electron chi connectivity index (χ1n) is 7.74. The van der Waals surface area contributed by atoms with Gasteiger partial charge >= 0.3 is 0 Å². The van der Waals surface area contributed by atoms with E-state index in [-0.39, 0.29) is 12.5 Å². The number of likely N-dealkylation sites (N-methyl/N-ethyl adjacent to an activating group) is 1. The predicted molar refractivity (Wildman–Crippen MR) is 82.2 cm³/mol. The summed E-state index contributed by atoms with van der Waals surface area (Å²) in [5.74, 6) is 0.642. The van der Waals surface area contributed by atoms with Crippen LogP contribution >= 0.6 is 0 Å². The highest BCUT2D eigenvalue weighted by Gasteiger charge is 2.22. The van der Waals surface area contributed by atoms with Crippen LogP contribution in [-0.2, 0) is 4.79 Å². The van der Waals surface area contributed by atoms with E-state index in [4.69, 9.17) is 4.74 Å². The van der Waals surface area contributed by atoms with Crippen LogP contribution in [0.5, 0.6) is 5.75 Å². The van der Waals surface area contributed by atoms with Crippen molar-refractivity contribution in [3.05, 3.63) is 29.8 Å². The Morgan fingerprint density at radius 1 is 1.38 bits per heavy atom. The van der Waals surface area contributed by atoms with Crippen molar-refractivity contribution in [2.75, 3.05) is 13.7 Å². The number of benzene rings is 1. The van der Waals surface area contributed by atoms with Crippen LogP contribution in [0.25, 0.3) is 0 Å². The zero-order valence-corrected chi connectivity index (χ0v) is 12.9. The summed E-state index contributed by atoms with van der Waals surface area (Å²) in [5.41, 5.74) is 0.792. The Hall–Kier alpha value is -1.55. The number of carbonyl (C=O) groups is 1. The second-order valence-electron chi connectivity index (χ2n) is 5.83. The summed E-state index contributed by atoms with van der Waals surface area (Å²) in [5, 5.41) is 9.55. The van der Waals surface area contributed by atoms with Crippen LogP contribution in [0.2, 0.25) is 0 Å². The van der Waals surface area contributed by atoms with Crippen molar-refractivity contribution < 1.29 is 14.6 Å². The fourth-order valence-corrected chi connectivity index (χ4v) is 2.78. The minimum atomic E-state index is -0.533. The Kier molecular flexibility index (Phi) is 5.62. The van der Waals surface area contributed by atoms with Crippen molar-refractivity contribution in [2.45, 2.75) is 51.2 Å². The van der Waals surface area contributed by atoms with Crippen molar-refractivity contribution in [1.29, 1.82) is 0 Å². The molecule has 0 saturated heterocycles. The summed E-state index contributed by atoms with van der Waals surface area (Å²) in [6.45, 7) is 1.76. The van der Waals surface area contributed by atoms with Crippen molar-refractivity contribution in [2.24, 2.45) is 0 Å². The molecule has 1 aliphatic rings. The van der Waals surface area contributed by atoms with Crippen molar-refractivity contribution in [3.63, 3.8) is 0 Å². The molecule has 1 unspecified atom stereocenters.